The van der Waals surface area contributed by atoms with Crippen molar-refractivity contribution in [3.05, 3.63) is 54.2 Å². The van der Waals surface area contributed by atoms with Gasteiger partial charge >= 0.3 is 0 Å². The molecule has 0 aliphatic rings. The summed E-state index contributed by atoms with van der Waals surface area (Å²) in [7, 11) is 0. The second-order valence-corrected chi connectivity index (χ2v) is 4.74. The molecule has 0 amide bonds. The summed E-state index contributed by atoms with van der Waals surface area (Å²) in [5.41, 5.74) is 2.62. The van der Waals surface area contributed by atoms with Gasteiger partial charge < -0.3 is 9.13 Å². The molecule has 3 heteroatoms. The quantitative estimate of drug-likeness (QED) is 0.688. The topological polar surface area (TPSA) is 22.8 Å². The van der Waals surface area contributed by atoms with E-state index in [1.807, 2.05) is 19.3 Å². The monoisotopic (exact) mass is 239 g/mol. The van der Waals surface area contributed by atoms with Crippen molar-refractivity contribution >= 4 is 10.9 Å². The molecule has 0 atom stereocenters. The zero-order valence-electron chi connectivity index (χ0n) is 10.8. The van der Waals surface area contributed by atoms with Gasteiger partial charge in [-0.15, -0.1) is 0 Å². The molecule has 0 radical (unpaired) electrons. The third-order valence-corrected chi connectivity index (χ3v) is 3.43. The Bertz CT molecular complexity index is 676. The average molecular weight is 239 g/mol. The van der Waals surface area contributed by atoms with Gasteiger partial charge in [0, 0.05) is 37.2 Å². The summed E-state index contributed by atoms with van der Waals surface area (Å²) >= 11 is 0. The largest absolute Gasteiger partial charge is 0.346 e. The molecule has 3 aromatic rings. The highest BCUT2D eigenvalue weighted by Gasteiger charge is 2.02. The zero-order chi connectivity index (χ0) is 12.5. The lowest BCUT2D eigenvalue weighted by Gasteiger charge is -2.08. The van der Waals surface area contributed by atoms with Gasteiger partial charge in [0.15, 0.2) is 0 Å². The molecule has 0 aliphatic heterocycles. The minimum Gasteiger partial charge on any atom is -0.346 e. The van der Waals surface area contributed by atoms with E-state index in [9.17, 15) is 0 Å². The molecule has 18 heavy (non-hydrogen) atoms. The Balaban J connectivity index is 1.87. The van der Waals surface area contributed by atoms with Gasteiger partial charge in [0.25, 0.3) is 0 Å². The van der Waals surface area contributed by atoms with Crippen LogP contribution in [0.15, 0.2) is 42.9 Å². The van der Waals surface area contributed by atoms with Crippen molar-refractivity contribution in [2.75, 3.05) is 0 Å². The Morgan fingerprint density at radius 3 is 2.61 bits per heavy atom. The van der Waals surface area contributed by atoms with Gasteiger partial charge in [0.2, 0.25) is 0 Å². The van der Waals surface area contributed by atoms with Crippen molar-refractivity contribution in [1.82, 2.24) is 14.1 Å². The number of nitrogens with zero attached hydrogens (tertiary/aromatic N) is 3. The van der Waals surface area contributed by atoms with Crippen LogP contribution < -0.4 is 0 Å². The third kappa shape index (κ3) is 1.92. The van der Waals surface area contributed by atoms with Crippen molar-refractivity contribution in [2.45, 2.75) is 26.9 Å². The molecule has 0 saturated carbocycles. The number of benzene rings is 1. The fraction of sp³-hybridized carbons (Fsp3) is 0.267. The van der Waals surface area contributed by atoms with Crippen LogP contribution in [-0.4, -0.2) is 14.1 Å². The maximum atomic E-state index is 4.25. The molecule has 0 saturated heterocycles. The molecular weight excluding hydrogens is 222 g/mol. The van der Waals surface area contributed by atoms with Gasteiger partial charge in [-0.3, -0.25) is 0 Å². The van der Waals surface area contributed by atoms with Crippen LogP contribution in [-0.2, 0) is 13.1 Å². The molecule has 2 aromatic heterocycles. The molecule has 3 rings (SSSR count). The minimum atomic E-state index is 0.962. The van der Waals surface area contributed by atoms with Gasteiger partial charge in [0.05, 0.1) is 0 Å². The minimum absolute atomic E-state index is 0.962. The summed E-state index contributed by atoms with van der Waals surface area (Å²) in [6, 6.07) is 8.77. The standard InChI is InChI=1S/C15H17N3/c1-12-3-4-14-5-7-18(15(14)11-12)10-9-17-8-6-16-13(17)2/h3-8,11H,9-10H2,1-2H3. The molecule has 0 unspecified atom stereocenters. The summed E-state index contributed by atoms with van der Waals surface area (Å²) in [5.74, 6) is 1.07. The number of imidazole rings is 1. The fourth-order valence-corrected chi connectivity index (χ4v) is 2.34. The van der Waals surface area contributed by atoms with Crippen molar-refractivity contribution in [2.24, 2.45) is 0 Å². The van der Waals surface area contributed by atoms with E-state index in [0.717, 1.165) is 18.9 Å². The van der Waals surface area contributed by atoms with E-state index in [0.29, 0.717) is 0 Å². The second kappa shape index (κ2) is 4.33. The van der Waals surface area contributed by atoms with E-state index in [4.69, 9.17) is 0 Å². The highest BCUT2D eigenvalue weighted by atomic mass is 15.1. The Kier molecular flexibility index (Phi) is 2.67. The number of hydrogen-bond donors (Lipinski definition) is 0. The summed E-state index contributed by atoms with van der Waals surface area (Å²) in [6.07, 6.45) is 6.05. The van der Waals surface area contributed by atoms with E-state index < -0.39 is 0 Å². The van der Waals surface area contributed by atoms with Gasteiger partial charge in [-0.2, -0.15) is 0 Å². The predicted molar refractivity (Wildman–Crippen MR) is 73.6 cm³/mol. The molecule has 0 spiro atoms. The molecule has 92 valence electrons. The maximum Gasteiger partial charge on any atom is 0.105 e. The van der Waals surface area contributed by atoms with Crippen LogP contribution in [0.25, 0.3) is 10.9 Å². The Morgan fingerprint density at radius 2 is 1.83 bits per heavy atom. The number of fused-ring (bicyclic) bond motifs is 1. The first-order chi connectivity index (χ1) is 8.74. The van der Waals surface area contributed by atoms with Gasteiger partial charge in [0.1, 0.15) is 5.82 Å². The summed E-state index contributed by atoms with van der Waals surface area (Å²) in [5, 5.41) is 1.31. The molecule has 2 heterocycles. The third-order valence-electron chi connectivity index (χ3n) is 3.43. The molecular formula is C15H17N3. The average Bonchev–Trinajstić information content (AvgIpc) is 2.93. The van der Waals surface area contributed by atoms with Crippen LogP contribution in [0.1, 0.15) is 11.4 Å². The fourth-order valence-electron chi connectivity index (χ4n) is 2.34. The second-order valence-electron chi connectivity index (χ2n) is 4.74. The Labute approximate surface area is 107 Å². The van der Waals surface area contributed by atoms with Crippen molar-refractivity contribution in [3.8, 4) is 0 Å². The molecule has 1 aromatic carbocycles. The summed E-state index contributed by atoms with van der Waals surface area (Å²) in [6.45, 7) is 6.11. The molecule has 0 aliphatic carbocycles. The Hall–Kier alpha value is -2.03. The van der Waals surface area contributed by atoms with E-state index in [1.54, 1.807) is 0 Å². The van der Waals surface area contributed by atoms with E-state index >= 15 is 0 Å². The SMILES string of the molecule is Cc1ccc2ccn(CCn3ccnc3C)c2c1. The highest BCUT2D eigenvalue weighted by molar-refractivity contribution is 5.80. The van der Waals surface area contributed by atoms with E-state index in [1.165, 1.54) is 16.5 Å². The Morgan fingerprint density at radius 1 is 1.00 bits per heavy atom. The summed E-state index contributed by atoms with van der Waals surface area (Å²) < 4.78 is 4.49. The number of aryl methyl sites for hydroxylation is 4. The molecule has 0 fully saturated rings. The predicted octanol–water partition coefficient (Wildman–Crippen LogP) is 3.15. The van der Waals surface area contributed by atoms with E-state index in [-0.39, 0.29) is 0 Å². The lowest BCUT2D eigenvalue weighted by Crippen LogP contribution is -2.07. The smallest absolute Gasteiger partial charge is 0.105 e. The lowest BCUT2D eigenvalue weighted by atomic mass is 10.2. The lowest BCUT2D eigenvalue weighted by molar-refractivity contribution is 0.580. The molecule has 3 nitrogen and oxygen atoms in total. The van der Waals surface area contributed by atoms with Gasteiger partial charge in [-0.05, 0) is 36.9 Å². The maximum absolute atomic E-state index is 4.25. The van der Waals surface area contributed by atoms with Crippen molar-refractivity contribution in [3.63, 3.8) is 0 Å². The van der Waals surface area contributed by atoms with Crippen LogP contribution in [0.2, 0.25) is 0 Å². The van der Waals surface area contributed by atoms with Crippen LogP contribution in [0.3, 0.4) is 0 Å². The first-order valence-electron chi connectivity index (χ1n) is 6.27. The van der Waals surface area contributed by atoms with Crippen molar-refractivity contribution in [1.29, 1.82) is 0 Å². The van der Waals surface area contributed by atoms with Crippen LogP contribution in [0, 0.1) is 13.8 Å². The van der Waals surface area contributed by atoms with Gasteiger partial charge in [-0.25, -0.2) is 4.98 Å². The van der Waals surface area contributed by atoms with Crippen LogP contribution in [0.5, 0.6) is 0 Å². The number of rotatable bonds is 3. The van der Waals surface area contributed by atoms with Crippen LogP contribution in [0.4, 0.5) is 0 Å². The first kappa shape index (κ1) is 11.1. The van der Waals surface area contributed by atoms with Gasteiger partial charge in [-0.1, -0.05) is 12.1 Å². The highest BCUT2D eigenvalue weighted by Crippen LogP contribution is 2.17. The zero-order valence-corrected chi connectivity index (χ0v) is 10.8. The molecule has 0 N–H and O–H groups in total. The molecule has 0 bridgehead atoms. The van der Waals surface area contributed by atoms with Crippen molar-refractivity contribution < 1.29 is 0 Å². The number of hydrogen-bond acceptors (Lipinski definition) is 1. The normalized spacial score (nSPS) is 11.2. The number of aromatic nitrogens is 3. The van der Waals surface area contributed by atoms with Crippen LogP contribution >= 0.6 is 0 Å². The first-order valence-corrected chi connectivity index (χ1v) is 6.27. The summed E-state index contributed by atoms with van der Waals surface area (Å²) in [4.78, 5) is 4.25. The van der Waals surface area contributed by atoms with E-state index in [2.05, 4.69) is 51.5 Å².